The van der Waals surface area contributed by atoms with Crippen molar-refractivity contribution in [3.05, 3.63) is 35.4 Å². The van der Waals surface area contributed by atoms with Crippen LogP contribution in [-0.4, -0.2) is 62.1 Å². The molecule has 126 valence electrons. The lowest BCUT2D eigenvalue weighted by Gasteiger charge is -2.30. The quantitative estimate of drug-likeness (QED) is 0.795. The predicted molar refractivity (Wildman–Crippen MR) is 91.5 cm³/mol. The normalized spacial score (nSPS) is 23.1. The number of esters is 1. The molecule has 0 unspecified atom stereocenters. The van der Waals surface area contributed by atoms with E-state index in [1.807, 2.05) is 0 Å². The monoisotopic (exact) mass is 316 g/mol. The minimum absolute atomic E-state index is 0.123. The second kappa shape index (κ2) is 7.93. The Bertz CT molecular complexity index is 532. The van der Waals surface area contributed by atoms with Crippen molar-refractivity contribution in [2.75, 3.05) is 46.4 Å². The van der Waals surface area contributed by atoms with Crippen LogP contribution in [0.3, 0.4) is 0 Å². The lowest BCUT2D eigenvalue weighted by molar-refractivity contribution is -0.141. The van der Waals surface area contributed by atoms with Crippen LogP contribution in [0, 0.1) is 5.92 Å². The van der Waals surface area contributed by atoms with Gasteiger partial charge in [-0.05, 0) is 49.3 Å². The Kier molecular flexibility index (Phi) is 5.68. The van der Waals surface area contributed by atoms with E-state index in [1.165, 1.54) is 32.9 Å². The second-order valence-corrected chi connectivity index (χ2v) is 6.88. The van der Waals surface area contributed by atoms with Gasteiger partial charge in [0, 0.05) is 26.2 Å². The van der Waals surface area contributed by atoms with Crippen molar-refractivity contribution in [3.8, 4) is 0 Å². The van der Waals surface area contributed by atoms with E-state index in [9.17, 15) is 4.79 Å². The molecular formula is C19H28N2O2. The Hall–Kier alpha value is -1.39. The van der Waals surface area contributed by atoms with Crippen molar-refractivity contribution in [2.45, 2.75) is 25.7 Å². The lowest BCUT2D eigenvalue weighted by Crippen LogP contribution is -2.37. The van der Waals surface area contributed by atoms with Crippen LogP contribution >= 0.6 is 0 Å². The number of aryl methyl sites for hydroxylation is 1. The van der Waals surface area contributed by atoms with Crippen molar-refractivity contribution in [1.29, 1.82) is 0 Å². The van der Waals surface area contributed by atoms with Crippen LogP contribution in [0.5, 0.6) is 0 Å². The highest BCUT2D eigenvalue weighted by Gasteiger charge is 2.23. The second-order valence-electron chi connectivity index (χ2n) is 6.88. The van der Waals surface area contributed by atoms with Crippen molar-refractivity contribution in [3.63, 3.8) is 0 Å². The van der Waals surface area contributed by atoms with E-state index in [-0.39, 0.29) is 5.97 Å². The molecule has 3 rings (SSSR count). The van der Waals surface area contributed by atoms with Gasteiger partial charge in [-0.2, -0.15) is 0 Å². The smallest absolute Gasteiger partial charge is 0.319 e. The summed E-state index contributed by atoms with van der Waals surface area (Å²) in [6.45, 7) is 5.81. The molecule has 1 saturated heterocycles. The minimum Gasteiger partial charge on any atom is -0.468 e. The van der Waals surface area contributed by atoms with Crippen molar-refractivity contribution < 1.29 is 9.53 Å². The van der Waals surface area contributed by atoms with Gasteiger partial charge in [-0.15, -0.1) is 0 Å². The van der Waals surface area contributed by atoms with Gasteiger partial charge in [0.05, 0.1) is 13.7 Å². The van der Waals surface area contributed by atoms with Gasteiger partial charge < -0.3 is 9.64 Å². The number of rotatable bonds is 4. The maximum Gasteiger partial charge on any atom is 0.319 e. The summed E-state index contributed by atoms with van der Waals surface area (Å²) in [4.78, 5) is 16.2. The fourth-order valence-electron chi connectivity index (χ4n) is 3.91. The van der Waals surface area contributed by atoms with E-state index in [2.05, 4.69) is 34.1 Å². The number of hydrogen-bond acceptors (Lipinski definition) is 4. The Morgan fingerprint density at radius 2 is 1.87 bits per heavy atom. The number of carbonyl (C=O) groups is 1. The zero-order valence-electron chi connectivity index (χ0n) is 14.2. The van der Waals surface area contributed by atoms with Gasteiger partial charge >= 0.3 is 5.97 Å². The Balaban J connectivity index is 1.49. The molecule has 1 fully saturated rings. The van der Waals surface area contributed by atoms with E-state index in [0.29, 0.717) is 6.54 Å². The maximum atomic E-state index is 11.4. The van der Waals surface area contributed by atoms with Crippen LogP contribution in [0.15, 0.2) is 24.3 Å². The van der Waals surface area contributed by atoms with Gasteiger partial charge in [-0.1, -0.05) is 24.3 Å². The SMILES string of the molecule is COC(=O)CN1CCCN(C[C@@H]2CCc3ccccc3C2)CC1. The number of fused-ring (bicyclic) bond motifs is 1. The Morgan fingerprint density at radius 1 is 1.13 bits per heavy atom. The summed E-state index contributed by atoms with van der Waals surface area (Å²) < 4.78 is 4.78. The van der Waals surface area contributed by atoms with Gasteiger partial charge in [0.25, 0.3) is 0 Å². The fraction of sp³-hybridized carbons (Fsp3) is 0.632. The zero-order valence-corrected chi connectivity index (χ0v) is 14.2. The van der Waals surface area contributed by atoms with Gasteiger partial charge in [-0.3, -0.25) is 9.69 Å². The first-order valence-corrected chi connectivity index (χ1v) is 8.83. The molecule has 0 bridgehead atoms. The summed E-state index contributed by atoms with van der Waals surface area (Å²) in [5, 5.41) is 0. The minimum atomic E-state index is -0.123. The molecule has 1 aromatic rings. The van der Waals surface area contributed by atoms with Crippen LogP contribution in [-0.2, 0) is 22.4 Å². The van der Waals surface area contributed by atoms with Crippen LogP contribution in [0.25, 0.3) is 0 Å². The first-order valence-electron chi connectivity index (χ1n) is 8.83. The van der Waals surface area contributed by atoms with E-state index >= 15 is 0 Å². The number of carbonyl (C=O) groups excluding carboxylic acids is 1. The van der Waals surface area contributed by atoms with Crippen LogP contribution in [0.2, 0.25) is 0 Å². The van der Waals surface area contributed by atoms with Gasteiger partial charge in [0.1, 0.15) is 0 Å². The van der Waals surface area contributed by atoms with Crippen molar-refractivity contribution >= 4 is 5.97 Å². The third kappa shape index (κ3) is 4.55. The molecule has 0 N–H and O–H groups in total. The number of benzene rings is 1. The number of hydrogen-bond donors (Lipinski definition) is 0. The van der Waals surface area contributed by atoms with Crippen LogP contribution in [0.1, 0.15) is 24.0 Å². The molecule has 0 aromatic heterocycles. The topological polar surface area (TPSA) is 32.8 Å². The number of methoxy groups -OCH3 is 1. The summed E-state index contributed by atoms with van der Waals surface area (Å²) in [5.41, 5.74) is 3.09. The highest BCUT2D eigenvalue weighted by molar-refractivity contribution is 5.71. The average Bonchev–Trinajstić information content (AvgIpc) is 2.80. The third-order valence-corrected chi connectivity index (χ3v) is 5.23. The van der Waals surface area contributed by atoms with Crippen molar-refractivity contribution in [1.82, 2.24) is 9.80 Å². The first-order chi connectivity index (χ1) is 11.2. The summed E-state index contributed by atoms with van der Waals surface area (Å²) in [7, 11) is 1.47. The highest BCUT2D eigenvalue weighted by Crippen LogP contribution is 2.26. The molecule has 0 spiro atoms. The highest BCUT2D eigenvalue weighted by atomic mass is 16.5. The molecule has 0 saturated carbocycles. The number of nitrogens with zero attached hydrogens (tertiary/aromatic N) is 2. The Labute approximate surface area is 139 Å². The molecule has 1 aromatic carbocycles. The molecule has 0 radical (unpaired) electrons. The van der Waals surface area contributed by atoms with E-state index in [4.69, 9.17) is 4.74 Å². The lowest BCUT2D eigenvalue weighted by atomic mass is 9.83. The van der Waals surface area contributed by atoms with E-state index in [1.54, 1.807) is 11.1 Å². The van der Waals surface area contributed by atoms with E-state index in [0.717, 1.165) is 38.5 Å². The van der Waals surface area contributed by atoms with Gasteiger partial charge in [-0.25, -0.2) is 0 Å². The summed E-state index contributed by atoms with van der Waals surface area (Å²) in [6.07, 6.45) is 4.89. The summed E-state index contributed by atoms with van der Waals surface area (Å²) in [5.74, 6) is 0.652. The fourth-order valence-corrected chi connectivity index (χ4v) is 3.91. The molecule has 1 atom stereocenters. The summed E-state index contributed by atoms with van der Waals surface area (Å²) in [6, 6.07) is 8.89. The standard InChI is InChI=1S/C19H28N2O2/c1-23-19(22)15-21-10-4-9-20(11-12-21)14-16-7-8-17-5-2-3-6-18(17)13-16/h2-3,5-6,16H,4,7-15H2,1H3/t16-/m1/s1. The molecule has 2 aliphatic rings. The number of ether oxygens (including phenoxy) is 1. The molecule has 4 nitrogen and oxygen atoms in total. The molecule has 23 heavy (non-hydrogen) atoms. The Morgan fingerprint density at radius 3 is 2.70 bits per heavy atom. The predicted octanol–water partition coefficient (Wildman–Crippen LogP) is 1.97. The molecule has 1 aliphatic heterocycles. The maximum absolute atomic E-state index is 11.4. The average molecular weight is 316 g/mol. The van der Waals surface area contributed by atoms with Gasteiger partial charge in [0.2, 0.25) is 0 Å². The van der Waals surface area contributed by atoms with Gasteiger partial charge in [0.15, 0.2) is 0 Å². The third-order valence-electron chi connectivity index (χ3n) is 5.23. The van der Waals surface area contributed by atoms with E-state index < -0.39 is 0 Å². The zero-order chi connectivity index (χ0) is 16.1. The molecular weight excluding hydrogens is 288 g/mol. The van der Waals surface area contributed by atoms with Crippen molar-refractivity contribution in [2.24, 2.45) is 5.92 Å². The van der Waals surface area contributed by atoms with Crippen LogP contribution < -0.4 is 0 Å². The largest absolute Gasteiger partial charge is 0.468 e. The molecule has 1 aliphatic carbocycles. The van der Waals surface area contributed by atoms with Crippen LogP contribution in [0.4, 0.5) is 0 Å². The summed E-state index contributed by atoms with van der Waals surface area (Å²) >= 11 is 0. The first kappa shape index (κ1) is 16.5. The molecule has 0 amide bonds. The molecule has 1 heterocycles. The molecule has 4 heteroatoms.